The minimum absolute atomic E-state index is 0.342. The van der Waals surface area contributed by atoms with Gasteiger partial charge in [0.05, 0.1) is 6.61 Å². The summed E-state index contributed by atoms with van der Waals surface area (Å²) in [5, 5.41) is 18.2. The van der Waals surface area contributed by atoms with Crippen LogP contribution in [-0.4, -0.2) is 48.5 Å². The lowest BCUT2D eigenvalue weighted by molar-refractivity contribution is -0.133. The van der Waals surface area contributed by atoms with E-state index in [1.165, 1.54) is 7.11 Å². The van der Waals surface area contributed by atoms with Gasteiger partial charge in [-0.2, -0.15) is 0 Å². The molecule has 0 bridgehead atoms. The highest BCUT2D eigenvalue weighted by Crippen LogP contribution is 2.59. The normalized spacial score (nSPS) is 52.2. The van der Waals surface area contributed by atoms with Crippen LogP contribution in [0.3, 0.4) is 0 Å². The molecule has 8 heteroatoms. The molecule has 5 atom stereocenters. The summed E-state index contributed by atoms with van der Waals surface area (Å²) in [5.41, 5.74) is 0. The lowest BCUT2D eigenvalue weighted by atomic mass is 10.1. The molecule has 0 amide bonds. The Labute approximate surface area is 80.1 Å². The number of aliphatic hydroxyl groups excluding tert-OH is 2. The van der Waals surface area contributed by atoms with E-state index in [2.05, 4.69) is 4.52 Å². The fraction of sp³-hybridized carbons (Fsp3) is 1.00. The monoisotopic (exact) mass is 226 g/mol. The Morgan fingerprint density at radius 2 is 2.07 bits per heavy atom. The maximum absolute atomic E-state index is 11.5. The molecule has 0 aromatic heterocycles. The van der Waals surface area contributed by atoms with E-state index in [1.807, 2.05) is 0 Å². The van der Waals surface area contributed by atoms with Crippen molar-refractivity contribution in [3.8, 4) is 0 Å². The van der Waals surface area contributed by atoms with E-state index >= 15 is 0 Å². The van der Waals surface area contributed by atoms with Crippen LogP contribution in [-0.2, 0) is 22.9 Å². The molecule has 7 nitrogen and oxygen atoms in total. The van der Waals surface area contributed by atoms with Crippen LogP contribution in [0.15, 0.2) is 0 Å². The number of phosphoric acid groups is 1. The van der Waals surface area contributed by atoms with E-state index in [0.29, 0.717) is 0 Å². The highest BCUT2D eigenvalue weighted by Gasteiger charge is 2.57. The largest absolute Gasteiger partial charge is 0.475 e. The van der Waals surface area contributed by atoms with Crippen molar-refractivity contribution in [2.75, 3.05) is 13.7 Å². The summed E-state index contributed by atoms with van der Waals surface area (Å²) in [4.78, 5) is 0. The first-order valence-corrected chi connectivity index (χ1v) is 5.52. The third kappa shape index (κ3) is 1.51. The highest BCUT2D eigenvalue weighted by molar-refractivity contribution is 7.48. The van der Waals surface area contributed by atoms with Crippen LogP contribution in [0, 0.1) is 0 Å². The topological polar surface area (TPSA) is 94.5 Å². The summed E-state index contributed by atoms with van der Waals surface area (Å²) in [6.07, 6.45) is -3.59. The summed E-state index contributed by atoms with van der Waals surface area (Å²) in [5.74, 6) is 0. The van der Waals surface area contributed by atoms with Gasteiger partial charge in [-0.15, -0.1) is 0 Å². The van der Waals surface area contributed by atoms with Gasteiger partial charge in [-0.05, 0) is 0 Å². The van der Waals surface area contributed by atoms with Crippen molar-refractivity contribution < 1.29 is 33.1 Å². The van der Waals surface area contributed by atoms with Crippen molar-refractivity contribution in [3.05, 3.63) is 0 Å². The average Bonchev–Trinajstić information content (AvgIpc) is 2.65. The maximum atomic E-state index is 11.5. The molecular formula is C6H11O7P. The Bertz CT molecular complexity index is 269. The van der Waals surface area contributed by atoms with Crippen molar-refractivity contribution >= 4 is 7.82 Å². The fourth-order valence-corrected chi connectivity index (χ4v) is 2.80. The molecule has 0 aliphatic carbocycles. The van der Waals surface area contributed by atoms with Gasteiger partial charge in [0.15, 0.2) is 6.29 Å². The van der Waals surface area contributed by atoms with Gasteiger partial charge >= 0.3 is 7.82 Å². The Morgan fingerprint density at radius 3 is 2.64 bits per heavy atom. The summed E-state index contributed by atoms with van der Waals surface area (Å²) >= 11 is 0. The van der Waals surface area contributed by atoms with Gasteiger partial charge in [-0.25, -0.2) is 4.57 Å². The van der Waals surface area contributed by atoms with Crippen molar-refractivity contribution in [2.45, 2.75) is 24.6 Å². The van der Waals surface area contributed by atoms with Crippen LogP contribution >= 0.6 is 7.82 Å². The van der Waals surface area contributed by atoms with Crippen molar-refractivity contribution in [1.29, 1.82) is 0 Å². The first-order chi connectivity index (χ1) is 6.59. The fourth-order valence-electron chi connectivity index (χ4n) is 1.50. The SMILES string of the molecule is COP1(=O)O[C@@H]2[C@H](O1)[C@@H](CO)O[C@H]2O. The van der Waals surface area contributed by atoms with E-state index in [0.717, 1.165) is 0 Å². The zero-order valence-corrected chi connectivity index (χ0v) is 8.29. The molecule has 0 radical (unpaired) electrons. The number of aliphatic hydroxyl groups is 2. The smallest absolute Gasteiger partial charge is 0.394 e. The molecule has 0 aromatic rings. The first kappa shape index (κ1) is 10.5. The standard InChI is InChI=1S/C6H11O7P/c1-10-14(9)12-4-3(2-7)11-6(8)5(4)13-14/h3-8H,2H2,1H3/t3-,4-,5-,6-,14?/m1/s1. The molecule has 2 aliphatic heterocycles. The molecule has 82 valence electrons. The van der Waals surface area contributed by atoms with E-state index in [4.69, 9.17) is 18.9 Å². The molecule has 2 N–H and O–H groups in total. The lowest BCUT2D eigenvalue weighted by Gasteiger charge is -2.14. The van der Waals surface area contributed by atoms with Gasteiger partial charge < -0.3 is 14.9 Å². The van der Waals surface area contributed by atoms with Gasteiger partial charge in [0, 0.05) is 7.11 Å². The van der Waals surface area contributed by atoms with Gasteiger partial charge in [-0.1, -0.05) is 0 Å². The van der Waals surface area contributed by atoms with Crippen LogP contribution in [0.5, 0.6) is 0 Å². The lowest BCUT2D eigenvalue weighted by Crippen LogP contribution is -2.31. The molecule has 2 aliphatic rings. The van der Waals surface area contributed by atoms with Crippen LogP contribution < -0.4 is 0 Å². The summed E-state index contributed by atoms with van der Waals surface area (Å²) < 4.78 is 30.8. The number of rotatable bonds is 2. The van der Waals surface area contributed by atoms with E-state index in [1.54, 1.807) is 0 Å². The first-order valence-electron chi connectivity index (χ1n) is 4.06. The minimum Gasteiger partial charge on any atom is -0.394 e. The van der Waals surface area contributed by atoms with Gasteiger partial charge in [-0.3, -0.25) is 13.6 Å². The number of ether oxygens (including phenoxy) is 1. The zero-order valence-electron chi connectivity index (χ0n) is 7.40. The molecule has 14 heavy (non-hydrogen) atoms. The van der Waals surface area contributed by atoms with E-state index in [-0.39, 0.29) is 6.61 Å². The third-order valence-electron chi connectivity index (χ3n) is 2.19. The molecule has 2 heterocycles. The van der Waals surface area contributed by atoms with Crippen LogP contribution in [0.2, 0.25) is 0 Å². The molecule has 0 saturated carbocycles. The van der Waals surface area contributed by atoms with Crippen molar-refractivity contribution in [3.63, 3.8) is 0 Å². The predicted octanol–water partition coefficient (Wildman–Crippen LogP) is -0.766. The van der Waals surface area contributed by atoms with Crippen LogP contribution in [0.25, 0.3) is 0 Å². The van der Waals surface area contributed by atoms with Gasteiger partial charge in [0.2, 0.25) is 0 Å². The molecule has 2 saturated heterocycles. The second-order valence-electron chi connectivity index (χ2n) is 3.02. The third-order valence-corrected chi connectivity index (χ3v) is 3.64. The van der Waals surface area contributed by atoms with Crippen molar-refractivity contribution in [1.82, 2.24) is 0 Å². The molecule has 2 fully saturated rings. The molecule has 0 aromatic carbocycles. The minimum atomic E-state index is -3.57. The molecule has 0 spiro atoms. The van der Waals surface area contributed by atoms with Gasteiger partial charge in [0.25, 0.3) is 0 Å². The predicted molar refractivity (Wildman–Crippen MR) is 42.3 cm³/mol. The Kier molecular flexibility index (Phi) is 2.65. The maximum Gasteiger partial charge on any atom is 0.475 e. The van der Waals surface area contributed by atoms with Crippen molar-refractivity contribution in [2.24, 2.45) is 0 Å². The van der Waals surface area contributed by atoms with Crippen LogP contribution in [0.4, 0.5) is 0 Å². The van der Waals surface area contributed by atoms with Crippen LogP contribution in [0.1, 0.15) is 0 Å². The zero-order chi connectivity index (χ0) is 10.3. The summed E-state index contributed by atoms with van der Waals surface area (Å²) in [6.45, 7) is -0.342. The quantitative estimate of drug-likeness (QED) is 0.597. The number of fused-ring (bicyclic) bond motifs is 1. The number of phosphoric ester groups is 1. The molecule has 1 unspecified atom stereocenters. The summed E-state index contributed by atoms with van der Waals surface area (Å²) in [7, 11) is -2.38. The van der Waals surface area contributed by atoms with E-state index < -0.39 is 32.4 Å². The van der Waals surface area contributed by atoms with E-state index in [9.17, 15) is 9.67 Å². The second-order valence-corrected chi connectivity index (χ2v) is 4.70. The number of hydrogen-bond donors (Lipinski definition) is 2. The number of hydrogen-bond acceptors (Lipinski definition) is 7. The molecule has 2 rings (SSSR count). The van der Waals surface area contributed by atoms with Gasteiger partial charge in [0.1, 0.15) is 18.3 Å². The Balaban J connectivity index is 2.15. The average molecular weight is 226 g/mol. The Hall–Kier alpha value is -0.0100. The second kappa shape index (κ2) is 3.53. The molecular weight excluding hydrogens is 215 g/mol. The highest BCUT2D eigenvalue weighted by atomic mass is 31.2. The summed E-state index contributed by atoms with van der Waals surface area (Å²) in [6, 6.07) is 0. The Morgan fingerprint density at radius 1 is 1.43 bits per heavy atom.